The minimum Gasteiger partial charge on any atom is -0.484 e. The zero-order valence-corrected chi connectivity index (χ0v) is 16.7. The first-order valence-electron chi connectivity index (χ1n) is 9.71. The van der Waals surface area contributed by atoms with Crippen molar-refractivity contribution in [1.29, 1.82) is 0 Å². The van der Waals surface area contributed by atoms with Crippen LogP contribution in [0.15, 0.2) is 24.3 Å². The van der Waals surface area contributed by atoms with Crippen LogP contribution in [0.4, 0.5) is 0 Å². The lowest BCUT2D eigenvalue weighted by molar-refractivity contribution is -0.138. The Morgan fingerprint density at radius 3 is 2.41 bits per heavy atom. The van der Waals surface area contributed by atoms with Gasteiger partial charge < -0.3 is 14.5 Å². The van der Waals surface area contributed by atoms with Gasteiger partial charge in [-0.05, 0) is 50.5 Å². The van der Waals surface area contributed by atoms with Gasteiger partial charge in [0.1, 0.15) is 5.75 Å². The third-order valence-electron chi connectivity index (χ3n) is 5.38. The molecule has 0 saturated carbocycles. The van der Waals surface area contributed by atoms with Crippen molar-refractivity contribution in [1.82, 2.24) is 14.7 Å². The molecule has 2 heterocycles. The number of piperazine rings is 1. The number of amides is 2. The molecule has 2 fully saturated rings. The molecule has 0 spiro atoms. The summed E-state index contributed by atoms with van der Waals surface area (Å²) in [6, 6.07) is 7.32. The number of nitrogens with zero attached hydrogens (tertiary/aromatic N) is 3. The van der Waals surface area contributed by atoms with Crippen molar-refractivity contribution in [3.05, 3.63) is 29.3 Å². The van der Waals surface area contributed by atoms with Crippen molar-refractivity contribution >= 4 is 23.4 Å². The molecule has 3 rings (SSSR count). The van der Waals surface area contributed by atoms with Crippen molar-refractivity contribution in [3.8, 4) is 5.75 Å². The van der Waals surface area contributed by atoms with Gasteiger partial charge in [-0.2, -0.15) is 0 Å². The molecule has 0 radical (unpaired) electrons. The van der Waals surface area contributed by atoms with E-state index in [1.165, 1.54) is 6.42 Å². The van der Waals surface area contributed by atoms with Crippen molar-refractivity contribution in [2.45, 2.75) is 32.2 Å². The summed E-state index contributed by atoms with van der Waals surface area (Å²) in [5.41, 5.74) is 0. The van der Waals surface area contributed by atoms with Crippen LogP contribution < -0.4 is 4.74 Å². The third-order valence-corrected chi connectivity index (χ3v) is 5.64. The normalized spacial score (nSPS) is 21.2. The smallest absolute Gasteiger partial charge is 0.260 e. The van der Waals surface area contributed by atoms with Crippen LogP contribution in [0.25, 0.3) is 0 Å². The number of halogens is 1. The summed E-state index contributed by atoms with van der Waals surface area (Å²) in [7, 11) is 0. The summed E-state index contributed by atoms with van der Waals surface area (Å²) in [4.78, 5) is 30.9. The molecule has 2 amide bonds. The number of hydrogen-bond acceptors (Lipinski definition) is 4. The third kappa shape index (κ3) is 5.59. The average molecular weight is 394 g/mol. The summed E-state index contributed by atoms with van der Waals surface area (Å²) in [5.74, 6) is 0.821. The monoisotopic (exact) mass is 393 g/mol. The molecule has 0 bridgehead atoms. The quantitative estimate of drug-likeness (QED) is 0.770. The lowest BCUT2D eigenvalue weighted by atomic mass is 10.0. The fourth-order valence-electron chi connectivity index (χ4n) is 3.67. The molecule has 27 heavy (non-hydrogen) atoms. The first-order chi connectivity index (χ1) is 13.0. The maximum atomic E-state index is 12.5. The Morgan fingerprint density at radius 2 is 1.74 bits per heavy atom. The van der Waals surface area contributed by atoms with Crippen molar-refractivity contribution in [3.63, 3.8) is 0 Å². The Morgan fingerprint density at radius 1 is 1.04 bits per heavy atom. The second-order valence-electron chi connectivity index (χ2n) is 7.33. The molecule has 0 aliphatic carbocycles. The predicted octanol–water partition coefficient (Wildman–Crippen LogP) is 2.26. The molecule has 6 nitrogen and oxygen atoms in total. The van der Waals surface area contributed by atoms with E-state index in [2.05, 4.69) is 11.8 Å². The number of rotatable bonds is 5. The molecule has 1 aromatic rings. The van der Waals surface area contributed by atoms with Crippen LogP contribution in [0.1, 0.15) is 26.2 Å². The van der Waals surface area contributed by atoms with Gasteiger partial charge in [0.15, 0.2) is 6.61 Å². The Labute approximate surface area is 166 Å². The predicted molar refractivity (Wildman–Crippen MR) is 105 cm³/mol. The fraction of sp³-hybridized carbons (Fsp3) is 0.600. The number of ether oxygens (including phenoxy) is 1. The molecule has 1 unspecified atom stereocenters. The largest absolute Gasteiger partial charge is 0.484 e. The van der Waals surface area contributed by atoms with Crippen LogP contribution in [0.5, 0.6) is 5.75 Å². The van der Waals surface area contributed by atoms with Gasteiger partial charge in [0.2, 0.25) is 5.91 Å². The lowest BCUT2D eigenvalue weighted by Gasteiger charge is -2.38. The van der Waals surface area contributed by atoms with Crippen LogP contribution in [-0.4, -0.2) is 78.4 Å². The Kier molecular flexibility index (Phi) is 6.96. The van der Waals surface area contributed by atoms with E-state index in [4.69, 9.17) is 16.3 Å². The highest BCUT2D eigenvalue weighted by atomic mass is 35.5. The first-order valence-corrected chi connectivity index (χ1v) is 10.1. The molecular weight excluding hydrogens is 366 g/mol. The molecular formula is C20H28ClN3O3. The Bertz CT molecular complexity index is 644. The second-order valence-corrected chi connectivity index (χ2v) is 7.77. The van der Waals surface area contributed by atoms with Crippen LogP contribution in [0.2, 0.25) is 5.02 Å². The van der Waals surface area contributed by atoms with Gasteiger partial charge in [-0.15, -0.1) is 0 Å². The maximum absolute atomic E-state index is 12.5. The maximum Gasteiger partial charge on any atom is 0.260 e. The molecule has 148 valence electrons. The first kappa shape index (κ1) is 20.0. The van der Waals surface area contributed by atoms with Gasteiger partial charge in [-0.1, -0.05) is 11.6 Å². The highest BCUT2D eigenvalue weighted by molar-refractivity contribution is 6.30. The van der Waals surface area contributed by atoms with E-state index in [1.54, 1.807) is 29.2 Å². The Hall–Kier alpha value is -1.79. The van der Waals surface area contributed by atoms with Gasteiger partial charge in [-0.25, -0.2) is 0 Å². The summed E-state index contributed by atoms with van der Waals surface area (Å²) >= 11 is 5.84. The standard InChI is InChI=1S/C20H28ClN3O3/c1-16-4-2-3-9-24(16)19(25)14-22-10-12-23(13-11-22)20(26)15-27-18-7-5-17(21)6-8-18/h5-8,16H,2-4,9-15H2,1H3. The van der Waals surface area contributed by atoms with Gasteiger partial charge in [0, 0.05) is 43.8 Å². The highest BCUT2D eigenvalue weighted by Crippen LogP contribution is 2.17. The van der Waals surface area contributed by atoms with Gasteiger partial charge in [0.25, 0.3) is 5.91 Å². The van der Waals surface area contributed by atoms with E-state index in [9.17, 15) is 9.59 Å². The molecule has 1 atom stereocenters. The van der Waals surface area contributed by atoms with Crippen molar-refractivity contribution in [2.24, 2.45) is 0 Å². The van der Waals surface area contributed by atoms with E-state index in [-0.39, 0.29) is 18.4 Å². The molecule has 1 aromatic carbocycles. The summed E-state index contributed by atoms with van der Waals surface area (Å²) in [6.07, 6.45) is 3.41. The minimum atomic E-state index is -0.0272. The SMILES string of the molecule is CC1CCCCN1C(=O)CN1CCN(C(=O)COc2ccc(Cl)cc2)CC1. The second kappa shape index (κ2) is 9.42. The van der Waals surface area contributed by atoms with Gasteiger partial charge in [0.05, 0.1) is 6.54 Å². The van der Waals surface area contributed by atoms with Gasteiger partial charge in [-0.3, -0.25) is 14.5 Å². The Balaban J connectivity index is 1.39. The van der Waals surface area contributed by atoms with E-state index in [0.29, 0.717) is 36.4 Å². The number of piperidine rings is 1. The zero-order chi connectivity index (χ0) is 19.2. The highest BCUT2D eigenvalue weighted by Gasteiger charge is 2.27. The molecule has 7 heteroatoms. The molecule has 2 aliphatic heterocycles. The number of benzene rings is 1. The van der Waals surface area contributed by atoms with Crippen LogP contribution in [0.3, 0.4) is 0 Å². The number of hydrogen-bond donors (Lipinski definition) is 0. The number of carbonyl (C=O) groups is 2. The average Bonchev–Trinajstić information content (AvgIpc) is 2.68. The van der Waals surface area contributed by atoms with Crippen LogP contribution in [0, 0.1) is 0 Å². The molecule has 0 aromatic heterocycles. The van der Waals surface area contributed by atoms with E-state index in [1.807, 2.05) is 4.90 Å². The van der Waals surface area contributed by atoms with E-state index < -0.39 is 0 Å². The van der Waals surface area contributed by atoms with Crippen molar-refractivity contribution < 1.29 is 14.3 Å². The molecule has 2 aliphatic rings. The van der Waals surface area contributed by atoms with Crippen LogP contribution >= 0.6 is 11.6 Å². The summed E-state index contributed by atoms with van der Waals surface area (Å²) in [6.45, 7) is 6.19. The summed E-state index contributed by atoms with van der Waals surface area (Å²) < 4.78 is 5.53. The van der Waals surface area contributed by atoms with Crippen LogP contribution in [-0.2, 0) is 9.59 Å². The topological polar surface area (TPSA) is 53.1 Å². The molecule has 0 N–H and O–H groups in total. The van der Waals surface area contributed by atoms with Gasteiger partial charge >= 0.3 is 0 Å². The van der Waals surface area contributed by atoms with Crippen molar-refractivity contribution in [2.75, 3.05) is 45.9 Å². The zero-order valence-electron chi connectivity index (χ0n) is 15.9. The minimum absolute atomic E-state index is 0.0197. The summed E-state index contributed by atoms with van der Waals surface area (Å²) in [5, 5.41) is 0.637. The number of carbonyl (C=O) groups excluding carboxylic acids is 2. The number of likely N-dealkylation sites (tertiary alicyclic amines) is 1. The van der Waals surface area contributed by atoms with E-state index >= 15 is 0 Å². The van der Waals surface area contributed by atoms with E-state index in [0.717, 1.165) is 32.5 Å². The fourth-order valence-corrected chi connectivity index (χ4v) is 3.80. The lowest BCUT2D eigenvalue weighted by Crippen LogP contribution is -2.53. The molecule has 2 saturated heterocycles.